The van der Waals surface area contributed by atoms with Crippen LogP contribution in [0.2, 0.25) is 0 Å². The molecule has 1 saturated carbocycles. The van der Waals surface area contributed by atoms with Crippen LogP contribution in [-0.4, -0.2) is 35.2 Å². The molecule has 1 atom stereocenters. The van der Waals surface area contributed by atoms with Crippen molar-refractivity contribution in [2.24, 2.45) is 5.92 Å². The number of piperidine rings is 1. The van der Waals surface area contributed by atoms with Gasteiger partial charge in [-0.05, 0) is 67.4 Å². The maximum absolute atomic E-state index is 11.2. The first-order valence-corrected chi connectivity index (χ1v) is 9.58. The number of likely N-dealkylation sites (tertiary alicyclic amines) is 1. The second-order valence-electron chi connectivity index (χ2n) is 8.06. The molecule has 2 heteroatoms. The number of nitrogens with zero attached hydrogens (tertiary/aromatic N) is 1. The van der Waals surface area contributed by atoms with Crippen LogP contribution in [-0.2, 0) is 0 Å². The first-order valence-electron chi connectivity index (χ1n) is 9.58. The second-order valence-corrected chi connectivity index (χ2v) is 8.06. The van der Waals surface area contributed by atoms with Crippen LogP contribution >= 0.6 is 0 Å². The number of benzene rings is 2. The van der Waals surface area contributed by atoms with E-state index >= 15 is 0 Å². The van der Waals surface area contributed by atoms with Crippen LogP contribution in [0.25, 0.3) is 10.8 Å². The zero-order chi connectivity index (χ0) is 16.6. The summed E-state index contributed by atoms with van der Waals surface area (Å²) < 4.78 is 0. The molecule has 0 amide bonds. The van der Waals surface area contributed by atoms with Gasteiger partial charge in [0.25, 0.3) is 0 Å². The molecule has 2 nitrogen and oxygen atoms in total. The van der Waals surface area contributed by atoms with Crippen LogP contribution in [0.15, 0.2) is 42.5 Å². The van der Waals surface area contributed by atoms with E-state index in [9.17, 15) is 5.11 Å². The molecular formula is C22H29NO. The van der Waals surface area contributed by atoms with E-state index in [1.807, 2.05) is 0 Å². The molecule has 2 aromatic rings. The number of hydrogen-bond donors (Lipinski definition) is 1. The van der Waals surface area contributed by atoms with Crippen molar-refractivity contribution >= 4 is 10.8 Å². The number of hydrogen-bond acceptors (Lipinski definition) is 2. The number of rotatable bonds is 4. The Morgan fingerprint density at radius 1 is 1.08 bits per heavy atom. The maximum atomic E-state index is 11.2. The van der Waals surface area contributed by atoms with Gasteiger partial charge < -0.3 is 10.0 Å². The van der Waals surface area contributed by atoms with Gasteiger partial charge in [0.05, 0.1) is 5.60 Å². The molecule has 128 valence electrons. The smallest absolute Gasteiger partial charge is 0.0728 e. The van der Waals surface area contributed by atoms with Crippen LogP contribution in [0.4, 0.5) is 0 Å². The first kappa shape index (κ1) is 16.1. The molecule has 0 spiro atoms. The van der Waals surface area contributed by atoms with Crippen LogP contribution in [0, 0.1) is 5.92 Å². The van der Waals surface area contributed by atoms with E-state index in [1.165, 1.54) is 42.3 Å². The summed E-state index contributed by atoms with van der Waals surface area (Å²) in [5.74, 6) is 1.08. The summed E-state index contributed by atoms with van der Waals surface area (Å²) in [4.78, 5) is 2.59. The lowest BCUT2D eigenvalue weighted by molar-refractivity contribution is -0.0657. The minimum Gasteiger partial charge on any atom is -0.389 e. The lowest BCUT2D eigenvalue weighted by atomic mass is 9.67. The van der Waals surface area contributed by atoms with Crippen molar-refractivity contribution in [2.75, 3.05) is 19.6 Å². The van der Waals surface area contributed by atoms with Crippen LogP contribution in [0.3, 0.4) is 0 Å². The molecule has 0 radical (unpaired) electrons. The Bertz CT molecular complexity index is 693. The van der Waals surface area contributed by atoms with E-state index in [4.69, 9.17) is 0 Å². The summed E-state index contributed by atoms with van der Waals surface area (Å²) in [7, 11) is 0. The van der Waals surface area contributed by atoms with Crippen molar-refractivity contribution in [1.29, 1.82) is 0 Å². The molecule has 24 heavy (non-hydrogen) atoms. The van der Waals surface area contributed by atoms with Crippen LogP contribution in [0.5, 0.6) is 0 Å². The molecule has 2 aromatic carbocycles. The van der Waals surface area contributed by atoms with Crippen molar-refractivity contribution < 1.29 is 5.11 Å². The summed E-state index contributed by atoms with van der Waals surface area (Å²) in [5.41, 5.74) is 0.835. The predicted octanol–water partition coefficient (Wildman–Crippen LogP) is 4.57. The van der Waals surface area contributed by atoms with Gasteiger partial charge >= 0.3 is 0 Å². The lowest BCUT2D eigenvalue weighted by Crippen LogP contribution is -2.48. The summed E-state index contributed by atoms with van der Waals surface area (Å²) in [6.07, 6.45) is 5.65. The Morgan fingerprint density at radius 2 is 1.79 bits per heavy atom. The maximum Gasteiger partial charge on any atom is 0.0728 e. The highest BCUT2D eigenvalue weighted by atomic mass is 16.3. The molecule has 1 N–H and O–H groups in total. The molecule has 2 aliphatic rings. The van der Waals surface area contributed by atoms with Gasteiger partial charge in [0.15, 0.2) is 0 Å². The average Bonchev–Trinajstić information content (AvgIpc) is 2.59. The van der Waals surface area contributed by atoms with E-state index in [0.29, 0.717) is 0 Å². The minimum atomic E-state index is -0.507. The van der Waals surface area contributed by atoms with Crippen molar-refractivity contribution in [3.8, 4) is 0 Å². The third-order valence-corrected chi connectivity index (χ3v) is 6.38. The third kappa shape index (κ3) is 2.98. The Labute approximate surface area is 145 Å². The highest BCUT2D eigenvalue weighted by Crippen LogP contribution is 2.45. The van der Waals surface area contributed by atoms with E-state index in [1.54, 1.807) is 0 Å². The van der Waals surface area contributed by atoms with Gasteiger partial charge in [-0.2, -0.15) is 0 Å². The zero-order valence-corrected chi connectivity index (χ0v) is 14.7. The second kappa shape index (κ2) is 6.50. The van der Waals surface area contributed by atoms with Crippen molar-refractivity contribution in [1.82, 2.24) is 4.90 Å². The van der Waals surface area contributed by atoms with Gasteiger partial charge in [-0.15, -0.1) is 0 Å². The largest absolute Gasteiger partial charge is 0.389 e. The molecule has 0 aromatic heterocycles. The van der Waals surface area contributed by atoms with Gasteiger partial charge in [0, 0.05) is 12.5 Å². The molecule has 1 aliphatic carbocycles. The first-order chi connectivity index (χ1) is 11.7. The van der Waals surface area contributed by atoms with Gasteiger partial charge in [-0.25, -0.2) is 0 Å². The van der Waals surface area contributed by atoms with Crippen molar-refractivity contribution in [2.45, 2.75) is 50.5 Å². The fourth-order valence-electron chi connectivity index (χ4n) is 4.50. The Kier molecular flexibility index (Phi) is 4.36. The molecule has 1 heterocycles. The predicted molar refractivity (Wildman–Crippen MR) is 100 cm³/mol. The molecule has 0 bridgehead atoms. The van der Waals surface area contributed by atoms with E-state index in [0.717, 1.165) is 31.7 Å². The SMILES string of the molecule is CC1CCN(CC(c2cccc3ccccc23)C2(O)CCC2)CC1. The van der Waals surface area contributed by atoms with Gasteiger partial charge in [-0.1, -0.05) is 49.4 Å². The molecule has 1 aliphatic heterocycles. The zero-order valence-electron chi connectivity index (χ0n) is 14.7. The summed E-state index contributed by atoms with van der Waals surface area (Å²) in [6, 6.07) is 15.2. The lowest BCUT2D eigenvalue weighted by Gasteiger charge is -2.46. The quantitative estimate of drug-likeness (QED) is 0.891. The number of aliphatic hydroxyl groups is 1. The monoisotopic (exact) mass is 323 g/mol. The average molecular weight is 323 g/mol. The van der Waals surface area contributed by atoms with Crippen LogP contribution in [0.1, 0.15) is 50.5 Å². The molecule has 2 fully saturated rings. The molecule has 1 unspecified atom stereocenters. The Hall–Kier alpha value is -1.38. The number of fused-ring (bicyclic) bond motifs is 1. The van der Waals surface area contributed by atoms with Crippen LogP contribution < -0.4 is 0 Å². The standard InChI is InChI=1S/C22H29NO/c1-17-10-14-23(15-11-17)16-21(22(24)12-5-13-22)20-9-4-7-18-6-2-3-8-19(18)20/h2-4,6-9,17,21,24H,5,10-16H2,1H3. The Balaban J connectivity index is 1.67. The normalized spacial score (nSPS) is 23.1. The van der Waals surface area contributed by atoms with Gasteiger partial charge in [0.2, 0.25) is 0 Å². The van der Waals surface area contributed by atoms with E-state index < -0.39 is 5.60 Å². The van der Waals surface area contributed by atoms with Crippen molar-refractivity contribution in [3.63, 3.8) is 0 Å². The third-order valence-electron chi connectivity index (χ3n) is 6.38. The fraction of sp³-hybridized carbons (Fsp3) is 0.545. The molecular weight excluding hydrogens is 294 g/mol. The summed E-state index contributed by atoms with van der Waals surface area (Å²) >= 11 is 0. The molecule has 4 rings (SSSR count). The van der Waals surface area contributed by atoms with E-state index in [2.05, 4.69) is 54.3 Å². The van der Waals surface area contributed by atoms with Gasteiger partial charge in [-0.3, -0.25) is 0 Å². The van der Waals surface area contributed by atoms with Crippen molar-refractivity contribution in [3.05, 3.63) is 48.0 Å². The van der Waals surface area contributed by atoms with Gasteiger partial charge in [0.1, 0.15) is 0 Å². The highest BCUT2D eigenvalue weighted by Gasteiger charge is 2.44. The fourth-order valence-corrected chi connectivity index (χ4v) is 4.50. The van der Waals surface area contributed by atoms with E-state index in [-0.39, 0.29) is 5.92 Å². The highest BCUT2D eigenvalue weighted by molar-refractivity contribution is 5.86. The topological polar surface area (TPSA) is 23.5 Å². The minimum absolute atomic E-state index is 0.228. The summed E-state index contributed by atoms with van der Waals surface area (Å²) in [5, 5.41) is 13.8. The molecule has 1 saturated heterocycles. The summed E-state index contributed by atoms with van der Waals surface area (Å²) in [6.45, 7) is 5.72. The Morgan fingerprint density at radius 3 is 2.50 bits per heavy atom.